The molecule has 1 aromatic carbocycles. The maximum absolute atomic E-state index is 12.3. The van der Waals surface area contributed by atoms with Gasteiger partial charge in [-0.15, -0.1) is 11.3 Å². The molecule has 2 amide bonds. The van der Waals surface area contributed by atoms with Crippen molar-refractivity contribution >= 4 is 45.8 Å². The smallest absolute Gasteiger partial charge is 0.251 e. The van der Waals surface area contributed by atoms with Crippen LogP contribution in [0.15, 0.2) is 30.3 Å². The summed E-state index contributed by atoms with van der Waals surface area (Å²) in [6.07, 6.45) is 9.43. The Bertz CT molecular complexity index is 857. The second-order valence-electron chi connectivity index (χ2n) is 6.36. The van der Waals surface area contributed by atoms with Gasteiger partial charge in [-0.1, -0.05) is 36.6 Å². The maximum atomic E-state index is 12.3. The minimum Gasteiger partial charge on any atom is -0.365 e. The van der Waals surface area contributed by atoms with Crippen LogP contribution in [0, 0.1) is 0 Å². The number of primary amides is 1. The fourth-order valence-corrected chi connectivity index (χ4v) is 4.70. The Hall–Kier alpha value is -2.11. The Kier molecular flexibility index (Phi) is 6.12. The molecule has 3 N–H and O–H groups in total. The molecule has 1 aromatic heterocycles. The third-order valence-corrected chi connectivity index (χ3v) is 5.87. The molecular formula is C20H21ClN2O2S. The molecule has 0 bridgehead atoms. The summed E-state index contributed by atoms with van der Waals surface area (Å²) in [5, 5.41) is 4.01. The number of halogens is 1. The molecule has 0 saturated heterocycles. The number of nitrogens with two attached hydrogens (primary N) is 1. The van der Waals surface area contributed by atoms with Gasteiger partial charge in [-0.3, -0.25) is 9.59 Å². The van der Waals surface area contributed by atoms with E-state index in [0.717, 1.165) is 43.2 Å². The number of carbonyl (C=O) groups is 2. The number of carbonyl (C=O) groups excluding carboxylic acids is 2. The quantitative estimate of drug-likeness (QED) is 0.737. The summed E-state index contributed by atoms with van der Waals surface area (Å²) < 4.78 is 0. The van der Waals surface area contributed by atoms with Crippen LogP contribution in [0.3, 0.4) is 0 Å². The SMILES string of the molecule is NC(=O)c1c(NC(=O)/C=C\c2cccc(Cl)c2)sc2c1CCCCCC2. The first kappa shape index (κ1) is 18.7. The average molecular weight is 389 g/mol. The van der Waals surface area contributed by atoms with Crippen LogP contribution in [-0.4, -0.2) is 11.8 Å². The Balaban J connectivity index is 1.81. The zero-order chi connectivity index (χ0) is 18.5. The fraction of sp³-hybridized carbons (Fsp3) is 0.300. The van der Waals surface area contributed by atoms with Crippen LogP contribution in [0.25, 0.3) is 6.08 Å². The van der Waals surface area contributed by atoms with E-state index in [1.165, 1.54) is 28.7 Å². The van der Waals surface area contributed by atoms with Crippen molar-refractivity contribution in [1.29, 1.82) is 0 Å². The molecule has 1 heterocycles. The second kappa shape index (κ2) is 8.52. The van der Waals surface area contributed by atoms with Gasteiger partial charge in [-0.2, -0.15) is 0 Å². The van der Waals surface area contributed by atoms with Gasteiger partial charge in [0.1, 0.15) is 5.00 Å². The van der Waals surface area contributed by atoms with Crippen molar-refractivity contribution in [1.82, 2.24) is 0 Å². The van der Waals surface area contributed by atoms with Crippen molar-refractivity contribution in [3.8, 4) is 0 Å². The first-order valence-electron chi connectivity index (χ1n) is 8.73. The van der Waals surface area contributed by atoms with E-state index in [9.17, 15) is 9.59 Å². The highest BCUT2D eigenvalue weighted by Gasteiger charge is 2.23. The number of fused-ring (bicyclic) bond motifs is 1. The van der Waals surface area contributed by atoms with E-state index in [2.05, 4.69) is 5.32 Å². The molecule has 1 aliphatic rings. The second-order valence-corrected chi connectivity index (χ2v) is 7.91. The molecule has 0 aliphatic heterocycles. The lowest BCUT2D eigenvalue weighted by Crippen LogP contribution is -2.17. The molecule has 3 rings (SSSR count). The first-order chi connectivity index (χ1) is 12.5. The molecule has 1 aliphatic carbocycles. The molecular weight excluding hydrogens is 368 g/mol. The van der Waals surface area contributed by atoms with Crippen molar-refractivity contribution in [2.75, 3.05) is 5.32 Å². The van der Waals surface area contributed by atoms with Crippen LogP contribution >= 0.6 is 22.9 Å². The highest BCUT2D eigenvalue weighted by atomic mass is 35.5. The lowest BCUT2D eigenvalue weighted by Gasteiger charge is -2.10. The third-order valence-electron chi connectivity index (χ3n) is 4.43. The predicted molar refractivity (Wildman–Crippen MR) is 108 cm³/mol. The number of nitrogens with one attached hydrogen (secondary N) is 1. The summed E-state index contributed by atoms with van der Waals surface area (Å²) >= 11 is 7.42. The van der Waals surface area contributed by atoms with Crippen LogP contribution in [0.1, 0.15) is 52.0 Å². The Labute approximate surface area is 162 Å². The summed E-state index contributed by atoms with van der Waals surface area (Å²) in [7, 11) is 0. The van der Waals surface area contributed by atoms with E-state index in [1.54, 1.807) is 18.2 Å². The van der Waals surface area contributed by atoms with Crippen LogP contribution in [0.5, 0.6) is 0 Å². The molecule has 0 fully saturated rings. The number of anilines is 1. The molecule has 26 heavy (non-hydrogen) atoms. The Morgan fingerprint density at radius 1 is 1.15 bits per heavy atom. The van der Waals surface area contributed by atoms with E-state index in [0.29, 0.717) is 15.6 Å². The minimum absolute atomic E-state index is 0.290. The van der Waals surface area contributed by atoms with Gasteiger partial charge in [-0.25, -0.2) is 0 Å². The summed E-state index contributed by atoms with van der Waals surface area (Å²) in [6.45, 7) is 0. The third kappa shape index (κ3) is 4.54. The van der Waals surface area contributed by atoms with Gasteiger partial charge < -0.3 is 11.1 Å². The first-order valence-corrected chi connectivity index (χ1v) is 9.93. The average Bonchev–Trinajstić information content (AvgIpc) is 2.89. The van der Waals surface area contributed by atoms with Gasteiger partial charge in [0.2, 0.25) is 5.91 Å². The van der Waals surface area contributed by atoms with Crippen molar-refractivity contribution < 1.29 is 9.59 Å². The lowest BCUT2D eigenvalue weighted by atomic mass is 9.96. The number of amides is 2. The standard InChI is InChI=1S/C20H21ClN2O2S/c21-14-7-5-6-13(12-14)10-11-17(24)23-20-18(19(22)25)15-8-3-1-2-4-9-16(15)26-20/h5-7,10-12H,1-4,8-9H2,(H2,22,25)(H,23,24)/b11-10-. The van der Waals surface area contributed by atoms with Crippen LogP contribution < -0.4 is 11.1 Å². The molecule has 0 spiro atoms. The number of thiophene rings is 1. The largest absolute Gasteiger partial charge is 0.365 e. The number of benzene rings is 1. The van der Waals surface area contributed by atoms with Crippen molar-refractivity contribution in [2.45, 2.75) is 38.5 Å². The van der Waals surface area contributed by atoms with E-state index in [-0.39, 0.29) is 5.91 Å². The van der Waals surface area contributed by atoms with Gasteiger partial charge in [0.05, 0.1) is 5.56 Å². The predicted octanol–water partition coefficient (Wildman–Crippen LogP) is 4.81. The maximum Gasteiger partial charge on any atom is 0.251 e. The molecule has 6 heteroatoms. The lowest BCUT2D eigenvalue weighted by molar-refractivity contribution is -0.111. The molecule has 136 valence electrons. The Morgan fingerprint density at radius 3 is 2.65 bits per heavy atom. The zero-order valence-electron chi connectivity index (χ0n) is 14.4. The number of rotatable bonds is 4. The van der Waals surface area contributed by atoms with E-state index < -0.39 is 5.91 Å². The van der Waals surface area contributed by atoms with E-state index in [4.69, 9.17) is 17.3 Å². The van der Waals surface area contributed by atoms with Crippen molar-refractivity contribution in [2.24, 2.45) is 5.73 Å². The normalized spacial score (nSPS) is 14.5. The van der Waals surface area contributed by atoms with Crippen molar-refractivity contribution in [3.05, 3.63) is 56.9 Å². The van der Waals surface area contributed by atoms with E-state index in [1.807, 2.05) is 12.1 Å². The molecule has 0 saturated carbocycles. The van der Waals surface area contributed by atoms with Gasteiger partial charge >= 0.3 is 0 Å². The summed E-state index contributed by atoms with van der Waals surface area (Å²) in [6, 6.07) is 7.24. The summed E-state index contributed by atoms with van der Waals surface area (Å²) in [5.41, 5.74) is 7.96. The minimum atomic E-state index is -0.475. The molecule has 0 radical (unpaired) electrons. The number of hydrogen-bond donors (Lipinski definition) is 2. The molecule has 0 atom stereocenters. The summed E-state index contributed by atoms with van der Waals surface area (Å²) in [4.78, 5) is 25.5. The molecule has 4 nitrogen and oxygen atoms in total. The van der Waals surface area contributed by atoms with Gasteiger partial charge in [0.25, 0.3) is 5.91 Å². The van der Waals surface area contributed by atoms with Gasteiger partial charge in [0.15, 0.2) is 0 Å². The zero-order valence-corrected chi connectivity index (χ0v) is 16.0. The van der Waals surface area contributed by atoms with Crippen LogP contribution in [0.2, 0.25) is 5.02 Å². The van der Waals surface area contributed by atoms with Crippen LogP contribution in [-0.2, 0) is 17.6 Å². The van der Waals surface area contributed by atoms with Gasteiger partial charge in [0, 0.05) is 16.0 Å². The van der Waals surface area contributed by atoms with Crippen LogP contribution in [0.4, 0.5) is 5.00 Å². The number of aryl methyl sites for hydroxylation is 1. The fourth-order valence-electron chi connectivity index (χ4n) is 3.20. The highest BCUT2D eigenvalue weighted by molar-refractivity contribution is 7.17. The highest BCUT2D eigenvalue weighted by Crippen LogP contribution is 2.36. The summed E-state index contributed by atoms with van der Waals surface area (Å²) in [5.74, 6) is -0.765. The Morgan fingerprint density at radius 2 is 1.92 bits per heavy atom. The van der Waals surface area contributed by atoms with Crippen molar-refractivity contribution in [3.63, 3.8) is 0 Å². The monoisotopic (exact) mass is 388 g/mol. The van der Waals surface area contributed by atoms with E-state index >= 15 is 0 Å². The number of hydrogen-bond acceptors (Lipinski definition) is 3. The molecule has 0 unspecified atom stereocenters. The van der Waals surface area contributed by atoms with Gasteiger partial charge in [-0.05, 0) is 55.0 Å². The topological polar surface area (TPSA) is 72.2 Å². The molecule has 2 aromatic rings.